The lowest BCUT2D eigenvalue weighted by molar-refractivity contribution is -0.727. The number of aliphatic carboxylic acids is 1. The maximum absolute atomic E-state index is 13.2. The van der Waals surface area contributed by atoms with E-state index in [0.29, 0.717) is 13.0 Å². The quantitative estimate of drug-likeness (QED) is 0.337. The number of ether oxygens (including phenoxy) is 3. The summed E-state index contributed by atoms with van der Waals surface area (Å²) in [5, 5.41) is 11.9. The van der Waals surface area contributed by atoms with Gasteiger partial charge in [0.15, 0.2) is 18.4 Å². The number of likely N-dealkylation sites (tertiary alicyclic amines) is 1. The van der Waals surface area contributed by atoms with Crippen LogP contribution in [0.1, 0.15) is 61.9 Å². The molecule has 0 spiro atoms. The molecule has 1 aromatic carbocycles. The molecule has 1 saturated heterocycles. The molecule has 0 saturated carbocycles. The zero-order chi connectivity index (χ0) is 29.3. The van der Waals surface area contributed by atoms with Gasteiger partial charge < -0.3 is 29.5 Å². The van der Waals surface area contributed by atoms with Crippen molar-refractivity contribution in [2.24, 2.45) is 0 Å². The van der Waals surface area contributed by atoms with E-state index in [1.54, 1.807) is 37.9 Å². The average Bonchev–Trinajstić information content (AvgIpc) is 2.94. The summed E-state index contributed by atoms with van der Waals surface area (Å²) >= 11 is 0. The maximum Gasteiger partial charge on any atom is 0.414 e. The summed E-state index contributed by atoms with van der Waals surface area (Å²) < 4.78 is 17.7. The van der Waals surface area contributed by atoms with Gasteiger partial charge in [-0.15, -0.1) is 0 Å². The van der Waals surface area contributed by atoms with Crippen LogP contribution >= 0.6 is 0 Å². The van der Waals surface area contributed by atoms with E-state index in [1.807, 2.05) is 30.3 Å². The molecule has 40 heavy (non-hydrogen) atoms. The van der Waals surface area contributed by atoms with Crippen LogP contribution in [0, 0.1) is 0 Å². The topological polar surface area (TPSA) is 135 Å². The molecule has 2 heterocycles. The Morgan fingerprint density at radius 3 is 2.48 bits per heavy atom. The van der Waals surface area contributed by atoms with Gasteiger partial charge in [0.25, 0.3) is 12.6 Å². The van der Waals surface area contributed by atoms with E-state index in [1.165, 1.54) is 23.9 Å². The van der Waals surface area contributed by atoms with Gasteiger partial charge in [-0.2, -0.15) is 4.57 Å². The van der Waals surface area contributed by atoms with E-state index >= 15 is 0 Å². The number of piperidine rings is 1. The molecule has 2 amide bonds. The highest BCUT2D eigenvalue weighted by Crippen LogP contribution is 2.32. The molecular formula is C29H38N3O8+. The van der Waals surface area contributed by atoms with E-state index < -0.39 is 47.5 Å². The minimum absolute atomic E-state index is 0.186. The van der Waals surface area contributed by atoms with Gasteiger partial charge in [-0.1, -0.05) is 30.3 Å². The molecule has 0 radical (unpaired) electrons. The number of aromatic nitrogens is 1. The van der Waals surface area contributed by atoms with Crippen molar-refractivity contribution in [1.29, 1.82) is 0 Å². The number of nitrogens with one attached hydrogen (secondary N) is 1. The highest BCUT2D eigenvalue weighted by atomic mass is 16.6. The number of rotatable bonds is 10. The Labute approximate surface area is 234 Å². The number of esters is 1. The molecule has 2 N–H and O–H groups in total. The van der Waals surface area contributed by atoms with Crippen LogP contribution in [0.25, 0.3) is 0 Å². The van der Waals surface area contributed by atoms with Crippen molar-refractivity contribution >= 4 is 23.9 Å². The molecule has 11 nitrogen and oxygen atoms in total. The molecule has 1 aliphatic heterocycles. The van der Waals surface area contributed by atoms with Gasteiger partial charge in [0.1, 0.15) is 11.5 Å². The van der Waals surface area contributed by atoms with Crippen molar-refractivity contribution in [1.82, 2.24) is 10.2 Å². The number of hydrogen-bond acceptors (Lipinski definition) is 7. The molecule has 1 unspecified atom stereocenters. The summed E-state index contributed by atoms with van der Waals surface area (Å²) in [4.78, 5) is 51.9. The van der Waals surface area contributed by atoms with Crippen LogP contribution < -0.4 is 9.88 Å². The number of pyridine rings is 1. The van der Waals surface area contributed by atoms with Gasteiger partial charge in [-0.25, -0.2) is 9.59 Å². The third-order valence-corrected chi connectivity index (χ3v) is 6.53. The average molecular weight is 557 g/mol. The van der Waals surface area contributed by atoms with Gasteiger partial charge in [0.05, 0.1) is 25.4 Å². The molecule has 3 rings (SSSR count). The van der Waals surface area contributed by atoms with E-state index in [0.717, 1.165) is 18.4 Å². The van der Waals surface area contributed by atoms with Gasteiger partial charge in [-0.05, 0) is 51.7 Å². The molecular weight excluding hydrogens is 518 g/mol. The molecule has 1 fully saturated rings. The van der Waals surface area contributed by atoms with E-state index in [-0.39, 0.29) is 18.9 Å². The number of hydrogen-bond donors (Lipinski definition) is 2. The molecule has 0 aliphatic carbocycles. The predicted molar refractivity (Wildman–Crippen MR) is 143 cm³/mol. The molecule has 3 atom stereocenters. The number of benzene rings is 1. The number of nitrogens with zero attached hydrogens (tertiary/aromatic N) is 2. The number of amides is 2. The van der Waals surface area contributed by atoms with Crippen LogP contribution in [0.4, 0.5) is 4.79 Å². The Morgan fingerprint density at radius 1 is 1.10 bits per heavy atom. The maximum atomic E-state index is 13.2. The van der Waals surface area contributed by atoms with Crippen LogP contribution in [-0.4, -0.2) is 71.9 Å². The number of carboxylic acid groups (broad SMARTS) is 1. The molecule has 216 valence electrons. The second-order valence-electron chi connectivity index (χ2n) is 10.6. The predicted octanol–water partition coefficient (Wildman–Crippen LogP) is 2.88. The minimum Gasteiger partial charge on any atom is -0.480 e. The fraction of sp³-hybridized carbons (Fsp3) is 0.483. The highest BCUT2D eigenvalue weighted by molar-refractivity contribution is 5.96. The van der Waals surface area contributed by atoms with Gasteiger partial charge >= 0.3 is 18.0 Å². The second-order valence-corrected chi connectivity index (χ2v) is 10.6. The first-order chi connectivity index (χ1) is 19.0. The van der Waals surface area contributed by atoms with Crippen LogP contribution in [-0.2, 0) is 30.5 Å². The Bertz CT molecular complexity index is 1180. The van der Waals surface area contributed by atoms with Crippen LogP contribution in [0.5, 0.6) is 0 Å². The first kappa shape index (κ1) is 30.6. The van der Waals surface area contributed by atoms with Gasteiger partial charge in [-0.3, -0.25) is 9.59 Å². The number of methoxy groups -OCH3 is 1. The lowest BCUT2D eigenvalue weighted by Gasteiger charge is -2.38. The zero-order valence-electron chi connectivity index (χ0n) is 23.4. The fourth-order valence-electron chi connectivity index (χ4n) is 4.53. The van der Waals surface area contributed by atoms with Gasteiger partial charge in [0, 0.05) is 12.6 Å². The molecule has 1 aliphatic rings. The van der Waals surface area contributed by atoms with Crippen molar-refractivity contribution in [2.45, 2.75) is 70.4 Å². The monoisotopic (exact) mass is 556 g/mol. The summed E-state index contributed by atoms with van der Waals surface area (Å²) in [6.45, 7) is 5.42. The molecule has 2 aromatic rings. The SMILES string of the molecule is COC(=O)[C@H](c1ccccc1)C1CCCCN1C(=O)OC[n+]1cccc(C(=O)N[C@@H](COC(C)(C)C)C(=O)O)c1. The molecule has 1 aromatic heterocycles. The summed E-state index contributed by atoms with van der Waals surface area (Å²) in [5.41, 5.74) is 0.384. The van der Waals surface area contributed by atoms with Crippen molar-refractivity contribution < 1.29 is 43.1 Å². The normalized spacial score (nSPS) is 16.9. The third kappa shape index (κ3) is 8.51. The standard InChI is InChI=1S/C29H37N3O8/c1-29(2,3)40-18-22(26(34)35)30-25(33)21-13-10-15-31(17-21)19-39-28(37)32-16-9-8-14-23(32)24(27(36)38-4)20-11-6-5-7-12-20/h5-7,10-13,15,17,22-24H,8-9,14,16,18-19H2,1-4H3,(H-,30,33,34,35)/p+1/t22-,23?,24+/m0/s1. The fourth-order valence-corrected chi connectivity index (χ4v) is 4.53. The zero-order valence-corrected chi connectivity index (χ0v) is 23.4. The highest BCUT2D eigenvalue weighted by Gasteiger charge is 2.39. The minimum atomic E-state index is -1.23. The van der Waals surface area contributed by atoms with E-state index in [9.17, 15) is 24.3 Å². The summed E-state index contributed by atoms with van der Waals surface area (Å²) in [7, 11) is 1.33. The summed E-state index contributed by atoms with van der Waals surface area (Å²) in [6, 6.07) is 10.7. The summed E-state index contributed by atoms with van der Waals surface area (Å²) in [6.07, 6.45) is 4.76. The third-order valence-electron chi connectivity index (χ3n) is 6.53. The Balaban J connectivity index is 1.68. The lowest BCUT2D eigenvalue weighted by atomic mass is 9.85. The van der Waals surface area contributed by atoms with Gasteiger partial charge in [0.2, 0.25) is 0 Å². The largest absolute Gasteiger partial charge is 0.480 e. The Kier molecular flexibility index (Phi) is 10.6. The second kappa shape index (κ2) is 13.9. The van der Waals surface area contributed by atoms with Crippen LogP contribution in [0.15, 0.2) is 54.9 Å². The van der Waals surface area contributed by atoms with E-state index in [4.69, 9.17) is 14.2 Å². The smallest absolute Gasteiger partial charge is 0.414 e. The summed E-state index contributed by atoms with van der Waals surface area (Å²) in [5.74, 6) is -2.89. The van der Waals surface area contributed by atoms with Crippen LogP contribution in [0.2, 0.25) is 0 Å². The van der Waals surface area contributed by atoms with Crippen molar-refractivity contribution in [3.8, 4) is 0 Å². The first-order valence-corrected chi connectivity index (χ1v) is 13.2. The van der Waals surface area contributed by atoms with Crippen molar-refractivity contribution in [3.05, 3.63) is 66.0 Å². The number of carbonyl (C=O) groups is 4. The molecule has 0 bridgehead atoms. The Morgan fingerprint density at radius 2 is 1.82 bits per heavy atom. The molecule has 11 heteroatoms. The number of carboxylic acids is 1. The lowest BCUT2D eigenvalue weighted by Crippen LogP contribution is -2.50. The van der Waals surface area contributed by atoms with Crippen molar-refractivity contribution in [2.75, 3.05) is 20.3 Å². The first-order valence-electron chi connectivity index (χ1n) is 13.2. The Hall–Kier alpha value is -3.99. The number of carbonyl (C=O) groups excluding carboxylic acids is 3. The van der Waals surface area contributed by atoms with E-state index in [2.05, 4.69) is 5.32 Å². The van der Waals surface area contributed by atoms with Crippen molar-refractivity contribution in [3.63, 3.8) is 0 Å². The van der Waals surface area contributed by atoms with Crippen LogP contribution in [0.3, 0.4) is 0 Å².